The predicted octanol–water partition coefficient (Wildman–Crippen LogP) is 2.90. The zero-order chi connectivity index (χ0) is 18.9. The summed E-state index contributed by atoms with van der Waals surface area (Å²) in [5.74, 6) is 0.748. The summed E-state index contributed by atoms with van der Waals surface area (Å²) < 4.78 is 10.5. The van der Waals surface area contributed by atoms with Gasteiger partial charge in [0, 0.05) is 25.7 Å². The highest BCUT2D eigenvalue weighted by Gasteiger charge is 2.14. The molecule has 0 spiro atoms. The predicted molar refractivity (Wildman–Crippen MR) is 101 cm³/mol. The third-order valence-electron chi connectivity index (χ3n) is 3.60. The Bertz CT molecular complexity index is 752. The minimum absolute atomic E-state index is 0.0849. The molecule has 0 radical (unpaired) electrons. The van der Waals surface area contributed by atoms with Gasteiger partial charge in [-0.2, -0.15) is 0 Å². The third kappa shape index (κ3) is 5.67. The summed E-state index contributed by atoms with van der Waals surface area (Å²) in [6.45, 7) is 1.98. The number of hydrogen-bond acceptors (Lipinski definition) is 4. The van der Waals surface area contributed by atoms with E-state index in [-0.39, 0.29) is 18.4 Å². The summed E-state index contributed by atoms with van der Waals surface area (Å²) in [4.78, 5) is 25.3. The van der Waals surface area contributed by atoms with Crippen LogP contribution in [-0.4, -0.2) is 38.6 Å². The highest BCUT2D eigenvalue weighted by molar-refractivity contribution is 6.32. The summed E-state index contributed by atoms with van der Waals surface area (Å²) in [6.07, 6.45) is 0. The number of para-hydroxylation sites is 1. The smallest absolute Gasteiger partial charge is 0.258 e. The van der Waals surface area contributed by atoms with Crippen molar-refractivity contribution in [3.8, 4) is 11.5 Å². The van der Waals surface area contributed by atoms with Gasteiger partial charge >= 0.3 is 0 Å². The number of halogens is 1. The van der Waals surface area contributed by atoms with Crippen molar-refractivity contribution in [3.05, 3.63) is 53.6 Å². The number of ether oxygens (including phenoxy) is 2. The maximum Gasteiger partial charge on any atom is 0.258 e. The van der Waals surface area contributed by atoms with Crippen molar-refractivity contribution in [2.24, 2.45) is 0 Å². The second-order valence-corrected chi connectivity index (χ2v) is 5.85. The van der Waals surface area contributed by atoms with Crippen molar-refractivity contribution in [2.75, 3.05) is 31.7 Å². The Morgan fingerprint density at radius 2 is 1.88 bits per heavy atom. The third-order valence-corrected chi connectivity index (χ3v) is 3.89. The maximum atomic E-state index is 11.9. The molecular weight excluding hydrogens is 356 g/mol. The van der Waals surface area contributed by atoms with Crippen LogP contribution < -0.4 is 19.7 Å². The molecule has 0 aromatic heterocycles. The molecule has 0 aliphatic heterocycles. The highest BCUT2D eigenvalue weighted by atomic mass is 35.5. The molecule has 138 valence electrons. The molecule has 0 atom stereocenters. The van der Waals surface area contributed by atoms with E-state index in [1.54, 1.807) is 30.3 Å². The average Bonchev–Trinajstić information content (AvgIpc) is 2.64. The zero-order valence-corrected chi connectivity index (χ0v) is 15.5. The molecule has 1 N–H and O–H groups in total. The molecule has 0 saturated heterocycles. The Labute approximate surface area is 157 Å². The number of carbonyl (C=O) groups excluding carboxylic acids is 2. The zero-order valence-electron chi connectivity index (χ0n) is 14.7. The van der Waals surface area contributed by atoms with Gasteiger partial charge in [-0.25, -0.2) is 0 Å². The van der Waals surface area contributed by atoms with E-state index < -0.39 is 0 Å². The van der Waals surface area contributed by atoms with Crippen LogP contribution in [0.15, 0.2) is 48.5 Å². The Hall–Kier alpha value is -2.73. The number of anilines is 1. The number of benzene rings is 2. The van der Waals surface area contributed by atoms with Crippen molar-refractivity contribution in [3.63, 3.8) is 0 Å². The van der Waals surface area contributed by atoms with Gasteiger partial charge in [0.25, 0.3) is 5.91 Å². The van der Waals surface area contributed by atoms with Crippen molar-refractivity contribution >= 4 is 29.1 Å². The van der Waals surface area contributed by atoms with E-state index in [2.05, 4.69) is 5.32 Å². The largest absolute Gasteiger partial charge is 0.495 e. The first-order valence-electron chi connectivity index (χ1n) is 8.07. The Balaban J connectivity index is 1.85. The number of carbonyl (C=O) groups is 2. The van der Waals surface area contributed by atoms with Crippen LogP contribution in [0.4, 0.5) is 5.69 Å². The molecule has 0 unspecified atom stereocenters. The highest BCUT2D eigenvalue weighted by Crippen LogP contribution is 2.29. The SMILES string of the molecule is COc1ccc(N(CCNC(=O)COc2ccccc2)C(C)=O)cc1Cl. The topological polar surface area (TPSA) is 67.9 Å². The number of nitrogens with one attached hydrogen (secondary N) is 1. The molecular formula is C19H21ClN2O4. The van der Waals surface area contributed by atoms with Crippen LogP contribution in [-0.2, 0) is 9.59 Å². The van der Waals surface area contributed by atoms with E-state index >= 15 is 0 Å². The minimum Gasteiger partial charge on any atom is -0.495 e. The first-order chi connectivity index (χ1) is 12.5. The molecule has 0 heterocycles. The standard InChI is InChI=1S/C19H21ClN2O4/c1-14(23)22(15-8-9-18(25-2)17(20)12-15)11-10-21-19(24)13-26-16-6-4-3-5-7-16/h3-9,12H,10-11,13H2,1-2H3,(H,21,24). The van der Waals surface area contributed by atoms with E-state index in [0.717, 1.165) is 0 Å². The molecule has 6 nitrogen and oxygen atoms in total. The maximum absolute atomic E-state index is 11.9. The lowest BCUT2D eigenvalue weighted by Crippen LogP contribution is -2.39. The molecule has 2 aromatic carbocycles. The molecule has 0 fully saturated rings. The minimum atomic E-state index is -0.259. The second kappa shape index (κ2) is 9.68. The van der Waals surface area contributed by atoms with Crippen molar-refractivity contribution in [2.45, 2.75) is 6.92 Å². The van der Waals surface area contributed by atoms with Gasteiger partial charge in [0.2, 0.25) is 5.91 Å². The number of hydrogen-bond donors (Lipinski definition) is 1. The Kier molecular flexibility index (Phi) is 7.29. The quantitative estimate of drug-likeness (QED) is 0.769. The molecule has 2 rings (SSSR count). The van der Waals surface area contributed by atoms with Crippen LogP contribution in [0, 0.1) is 0 Å². The lowest BCUT2D eigenvalue weighted by Gasteiger charge is -2.22. The molecule has 26 heavy (non-hydrogen) atoms. The lowest BCUT2D eigenvalue weighted by atomic mass is 10.2. The Morgan fingerprint density at radius 1 is 1.15 bits per heavy atom. The molecule has 0 bridgehead atoms. The van der Waals surface area contributed by atoms with Gasteiger partial charge in [-0.15, -0.1) is 0 Å². The second-order valence-electron chi connectivity index (χ2n) is 5.44. The molecule has 2 aromatic rings. The summed E-state index contributed by atoms with van der Waals surface area (Å²) in [7, 11) is 1.52. The van der Waals surface area contributed by atoms with Crippen LogP contribution in [0.5, 0.6) is 11.5 Å². The van der Waals surface area contributed by atoms with E-state index in [1.807, 2.05) is 18.2 Å². The molecule has 0 aliphatic rings. The van der Waals surface area contributed by atoms with Crippen LogP contribution in [0.2, 0.25) is 5.02 Å². The average molecular weight is 377 g/mol. The van der Waals surface area contributed by atoms with Crippen molar-refractivity contribution in [1.82, 2.24) is 5.32 Å². The van der Waals surface area contributed by atoms with Crippen molar-refractivity contribution in [1.29, 1.82) is 0 Å². The molecule has 0 saturated carbocycles. The van der Waals surface area contributed by atoms with E-state index in [0.29, 0.717) is 35.3 Å². The van der Waals surface area contributed by atoms with Gasteiger partial charge in [-0.1, -0.05) is 29.8 Å². The number of methoxy groups -OCH3 is 1. The van der Waals surface area contributed by atoms with E-state index in [1.165, 1.54) is 18.9 Å². The van der Waals surface area contributed by atoms with Crippen LogP contribution in [0.1, 0.15) is 6.92 Å². The van der Waals surface area contributed by atoms with Gasteiger partial charge in [0.05, 0.1) is 12.1 Å². The summed E-state index contributed by atoms with van der Waals surface area (Å²) >= 11 is 6.11. The fourth-order valence-corrected chi connectivity index (χ4v) is 2.57. The van der Waals surface area contributed by atoms with Gasteiger partial charge in [0.15, 0.2) is 6.61 Å². The van der Waals surface area contributed by atoms with Crippen LogP contribution in [0.3, 0.4) is 0 Å². The molecule has 7 heteroatoms. The van der Waals surface area contributed by atoms with Crippen LogP contribution >= 0.6 is 11.6 Å². The number of nitrogens with zero attached hydrogens (tertiary/aromatic N) is 1. The molecule has 2 amide bonds. The first-order valence-corrected chi connectivity index (χ1v) is 8.45. The van der Waals surface area contributed by atoms with Gasteiger partial charge in [-0.3, -0.25) is 9.59 Å². The summed E-state index contributed by atoms with van der Waals surface area (Å²) in [5, 5.41) is 3.14. The lowest BCUT2D eigenvalue weighted by molar-refractivity contribution is -0.123. The summed E-state index contributed by atoms with van der Waals surface area (Å²) in [5.41, 5.74) is 0.637. The Morgan fingerprint density at radius 3 is 2.50 bits per heavy atom. The fraction of sp³-hybridized carbons (Fsp3) is 0.263. The van der Waals surface area contributed by atoms with E-state index in [4.69, 9.17) is 21.1 Å². The fourth-order valence-electron chi connectivity index (χ4n) is 2.32. The monoisotopic (exact) mass is 376 g/mol. The normalized spacial score (nSPS) is 10.1. The number of amides is 2. The summed E-state index contributed by atoms with van der Waals surface area (Å²) in [6, 6.07) is 14.2. The number of rotatable bonds is 8. The van der Waals surface area contributed by atoms with Crippen LogP contribution in [0.25, 0.3) is 0 Å². The van der Waals surface area contributed by atoms with E-state index in [9.17, 15) is 9.59 Å². The van der Waals surface area contributed by atoms with Gasteiger partial charge in [0.1, 0.15) is 11.5 Å². The molecule has 0 aliphatic carbocycles. The first kappa shape index (κ1) is 19.6. The van der Waals surface area contributed by atoms with Gasteiger partial charge < -0.3 is 19.7 Å². The van der Waals surface area contributed by atoms with Crippen molar-refractivity contribution < 1.29 is 19.1 Å². The van der Waals surface area contributed by atoms with Gasteiger partial charge in [-0.05, 0) is 30.3 Å².